The fourth-order valence-corrected chi connectivity index (χ4v) is 4.41. The number of anilines is 2. The number of carbonyl (C=O) groups is 3. The van der Waals surface area contributed by atoms with Crippen molar-refractivity contribution in [3.8, 4) is 0 Å². The van der Waals surface area contributed by atoms with Gasteiger partial charge in [-0.1, -0.05) is 18.2 Å². The number of nitrogens with two attached hydrogens (primary N) is 1. The number of aliphatic hydroxyl groups is 1. The van der Waals surface area contributed by atoms with Crippen molar-refractivity contribution < 1.29 is 28.5 Å². The van der Waals surface area contributed by atoms with Crippen LogP contribution in [0.1, 0.15) is 25.3 Å². The van der Waals surface area contributed by atoms with Gasteiger partial charge in [0.1, 0.15) is 17.7 Å². The number of quaternary nitrogens is 1. The molecule has 2 aliphatic heterocycles. The summed E-state index contributed by atoms with van der Waals surface area (Å²) in [7, 11) is 0. The van der Waals surface area contributed by atoms with Gasteiger partial charge in [-0.25, -0.2) is 9.18 Å². The number of amides is 4. The monoisotopic (exact) mass is 563 g/mol. The maximum atomic E-state index is 13.4. The minimum absolute atomic E-state index is 0.00514. The SMILES string of the molecule is CCN(CCO)C(=O)CCC1=C2C=NC=C[N+]2(N)C(C(=O)Nc2cccc(CNC(=O)Nc3cccc(F)c3)c2)=N1. The number of fused-ring (bicyclic) bond motifs is 1. The average Bonchev–Trinajstić information content (AvgIpc) is 3.26. The first-order chi connectivity index (χ1) is 19.7. The zero-order valence-corrected chi connectivity index (χ0v) is 22.5. The largest absolute Gasteiger partial charge is 0.395 e. The van der Waals surface area contributed by atoms with Crippen molar-refractivity contribution in [2.45, 2.75) is 26.3 Å². The fourth-order valence-electron chi connectivity index (χ4n) is 4.41. The molecule has 4 rings (SSSR count). The number of likely N-dealkylation sites (N-methyl/N-ethyl adjacent to an activating group) is 1. The molecule has 0 bridgehead atoms. The van der Waals surface area contributed by atoms with Crippen molar-refractivity contribution in [2.24, 2.45) is 15.8 Å². The number of allylic oxidation sites excluding steroid dienone is 2. The van der Waals surface area contributed by atoms with E-state index in [-0.39, 0.29) is 44.3 Å². The molecule has 41 heavy (non-hydrogen) atoms. The third-order valence-electron chi connectivity index (χ3n) is 6.47. The molecule has 0 radical (unpaired) electrons. The van der Waals surface area contributed by atoms with E-state index < -0.39 is 22.3 Å². The Labute approximate surface area is 236 Å². The van der Waals surface area contributed by atoms with E-state index >= 15 is 0 Å². The number of carbonyl (C=O) groups excluding carboxylic acids is 3. The summed E-state index contributed by atoms with van der Waals surface area (Å²) < 4.78 is 12.9. The minimum atomic E-state index is -0.546. The molecule has 2 aliphatic rings. The zero-order valence-electron chi connectivity index (χ0n) is 22.5. The number of nitrogens with one attached hydrogen (secondary N) is 3. The Hall–Kier alpha value is -4.72. The second kappa shape index (κ2) is 13.1. The Kier molecular flexibility index (Phi) is 9.34. The molecule has 4 amide bonds. The number of rotatable bonds is 11. The topological polar surface area (TPSA) is 162 Å². The van der Waals surface area contributed by atoms with Gasteiger partial charge >= 0.3 is 17.8 Å². The number of nitrogens with zero attached hydrogens (tertiary/aromatic N) is 4. The molecule has 0 fully saturated rings. The van der Waals surface area contributed by atoms with Gasteiger partial charge in [0.25, 0.3) is 0 Å². The Morgan fingerprint density at radius 1 is 1.10 bits per heavy atom. The van der Waals surface area contributed by atoms with E-state index in [4.69, 9.17) is 5.84 Å². The number of amidine groups is 1. The van der Waals surface area contributed by atoms with E-state index in [1.807, 2.05) is 6.92 Å². The lowest BCUT2D eigenvalue weighted by Gasteiger charge is -2.25. The predicted octanol–water partition coefficient (Wildman–Crippen LogP) is 2.58. The van der Waals surface area contributed by atoms with Crippen LogP contribution in [0.25, 0.3) is 0 Å². The summed E-state index contributed by atoms with van der Waals surface area (Å²) in [6, 6.07) is 11.9. The number of halogens is 1. The van der Waals surface area contributed by atoms with Gasteiger partial charge in [-0.05, 0) is 42.8 Å². The molecule has 13 heteroatoms. The standard InChI is InChI=1S/C28H31FN8O4/c1-2-36(12-14-38)25(39)10-9-23-24-18-31-11-13-37(24,30)26(35-23)27(40)33-21-7-3-5-19(15-21)17-32-28(41)34-22-8-4-6-20(29)16-22/h3-8,11,13,15-16,18,38H,2,9-10,12,14,17,30H2,1H3,(H2-,32,33,34,40,41)/p+1. The molecule has 2 aromatic carbocycles. The Morgan fingerprint density at radius 3 is 2.59 bits per heavy atom. The van der Waals surface area contributed by atoms with Gasteiger partial charge in [0.05, 0.1) is 19.0 Å². The zero-order chi connectivity index (χ0) is 29.4. The maximum absolute atomic E-state index is 13.4. The van der Waals surface area contributed by atoms with Crippen molar-refractivity contribution in [3.05, 3.63) is 83.7 Å². The molecule has 12 nitrogen and oxygen atoms in total. The lowest BCUT2D eigenvalue weighted by Crippen LogP contribution is -2.56. The van der Waals surface area contributed by atoms with Gasteiger partial charge < -0.3 is 26.0 Å². The van der Waals surface area contributed by atoms with Gasteiger partial charge in [0.2, 0.25) is 11.6 Å². The first-order valence-electron chi connectivity index (χ1n) is 13.0. The van der Waals surface area contributed by atoms with Crippen LogP contribution < -0.4 is 21.8 Å². The lowest BCUT2D eigenvalue weighted by atomic mass is 10.2. The molecule has 0 saturated heterocycles. The van der Waals surface area contributed by atoms with Crippen molar-refractivity contribution in [3.63, 3.8) is 0 Å². The Bertz CT molecular complexity index is 1450. The molecular formula is C28H32FN8O4+. The number of hydrogen-bond acceptors (Lipinski definition) is 7. The molecule has 0 saturated carbocycles. The average molecular weight is 564 g/mol. The van der Waals surface area contributed by atoms with Crippen LogP contribution in [0.5, 0.6) is 0 Å². The highest BCUT2D eigenvalue weighted by molar-refractivity contribution is 6.40. The molecule has 2 heterocycles. The molecule has 0 aliphatic carbocycles. The van der Waals surface area contributed by atoms with Crippen LogP contribution >= 0.6 is 0 Å². The number of benzene rings is 2. The van der Waals surface area contributed by atoms with Crippen molar-refractivity contribution in [2.75, 3.05) is 30.3 Å². The summed E-state index contributed by atoms with van der Waals surface area (Å²) in [4.78, 5) is 48.3. The van der Waals surface area contributed by atoms with E-state index in [1.54, 1.807) is 35.2 Å². The first kappa shape index (κ1) is 29.3. The molecule has 0 spiro atoms. The smallest absolute Gasteiger partial charge is 0.333 e. The van der Waals surface area contributed by atoms with Crippen molar-refractivity contribution >= 4 is 41.3 Å². The second-order valence-corrected chi connectivity index (χ2v) is 9.29. The van der Waals surface area contributed by atoms with Crippen LogP contribution in [0.2, 0.25) is 0 Å². The van der Waals surface area contributed by atoms with E-state index in [9.17, 15) is 23.9 Å². The van der Waals surface area contributed by atoms with Crippen LogP contribution in [-0.2, 0) is 16.1 Å². The Balaban J connectivity index is 1.41. The normalized spacial score (nSPS) is 17.1. The summed E-state index contributed by atoms with van der Waals surface area (Å²) in [6.07, 6.45) is 4.90. The van der Waals surface area contributed by atoms with Gasteiger partial charge in [0.15, 0.2) is 0 Å². The van der Waals surface area contributed by atoms with Crippen LogP contribution in [0, 0.1) is 5.82 Å². The second-order valence-electron chi connectivity index (χ2n) is 9.29. The van der Waals surface area contributed by atoms with E-state index in [1.165, 1.54) is 36.8 Å². The third kappa shape index (κ3) is 7.08. The summed E-state index contributed by atoms with van der Waals surface area (Å²) in [5.41, 5.74) is 2.44. The lowest BCUT2D eigenvalue weighted by molar-refractivity contribution is -0.749. The number of aliphatic hydroxyl groups excluding tert-OH is 1. The predicted molar refractivity (Wildman–Crippen MR) is 152 cm³/mol. The Morgan fingerprint density at radius 2 is 1.85 bits per heavy atom. The minimum Gasteiger partial charge on any atom is -0.395 e. The molecule has 214 valence electrons. The summed E-state index contributed by atoms with van der Waals surface area (Å²) >= 11 is 0. The highest BCUT2D eigenvalue weighted by Gasteiger charge is 2.47. The molecule has 0 aromatic heterocycles. The number of hydrogen-bond donors (Lipinski definition) is 5. The van der Waals surface area contributed by atoms with Crippen LogP contribution in [0.15, 0.2) is 82.3 Å². The summed E-state index contributed by atoms with van der Waals surface area (Å²) in [5, 5.41) is 17.2. The van der Waals surface area contributed by atoms with Gasteiger partial charge in [-0.15, -0.1) is 4.59 Å². The first-order valence-corrected chi connectivity index (χ1v) is 13.0. The van der Waals surface area contributed by atoms with Gasteiger partial charge in [-0.3, -0.25) is 14.6 Å². The van der Waals surface area contributed by atoms with E-state index in [2.05, 4.69) is 25.9 Å². The fraction of sp³-hybridized carbons (Fsp3) is 0.250. The van der Waals surface area contributed by atoms with E-state index in [0.717, 1.165) is 0 Å². The summed E-state index contributed by atoms with van der Waals surface area (Å²) in [5.74, 6) is 5.44. The third-order valence-corrected chi connectivity index (χ3v) is 6.47. The van der Waals surface area contributed by atoms with Crippen LogP contribution in [0.3, 0.4) is 0 Å². The molecule has 2 aromatic rings. The van der Waals surface area contributed by atoms with Crippen molar-refractivity contribution in [1.82, 2.24) is 10.2 Å². The molecule has 6 N–H and O–H groups in total. The van der Waals surface area contributed by atoms with Crippen molar-refractivity contribution in [1.29, 1.82) is 0 Å². The maximum Gasteiger partial charge on any atom is 0.333 e. The van der Waals surface area contributed by atoms with E-state index in [0.29, 0.717) is 34.9 Å². The van der Waals surface area contributed by atoms with Crippen LogP contribution in [-0.4, -0.2) is 64.2 Å². The number of urea groups is 1. The van der Waals surface area contributed by atoms with Gasteiger partial charge in [0, 0.05) is 43.9 Å². The van der Waals surface area contributed by atoms with Gasteiger partial charge in [-0.2, -0.15) is 10.8 Å². The quantitative estimate of drug-likeness (QED) is 0.209. The highest BCUT2D eigenvalue weighted by Crippen LogP contribution is 2.31. The molecule has 1 unspecified atom stereocenters. The van der Waals surface area contributed by atoms with Crippen LogP contribution in [0.4, 0.5) is 20.6 Å². The molecular weight excluding hydrogens is 531 g/mol. The molecule has 1 atom stereocenters. The highest BCUT2D eigenvalue weighted by atomic mass is 19.1. The summed E-state index contributed by atoms with van der Waals surface area (Å²) in [6.45, 7) is 2.56. The number of aliphatic imine (C=N–C) groups is 2.